The second-order valence-electron chi connectivity index (χ2n) is 6.46. The number of para-hydroxylation sites is 2. The Balaban J connectivity index is 1.88. The van der Waals surface area contributed by atoms with E-state index in [1.807, 2.05) is 54.6 Å². The van der Waals surface area contributed by atoms with Crippen LogP contribution < -0.4 is 14.2 Å². The number of aromatic nitrogens is 2. The quantitative estimate of drug-likeness (QED) is 0.487. The minimum atomic E-state index is 0.673. The fraction of sp³-hybridized carbons (Fsp3) is 0.174. The van der Waals surface area contributed by atoms with Gasteiger partial charge in [0.05, 0.1) is 32.4 Å². The second-order valence-corrected chi connectivity index (χ2v) is 6.46. The molecule has 4 rings (SSSR count). The van der Waals surface area contributed by atoms with E-state index in [0.29, 0.717) is 6.54 Å². The van der Waals surface area contributed by atoms with E-state index in [0.717, 1.165) is 45.2 Å². The van der Waals surface area contributed by atoms with Gasteiger partial charge in [0.25, 0.3) is 0 Å². The molecule has 3 aromatic carbocycles. The van der Waals surface area contributed by atoms with E-state index in [1.165, 1.54) is 0 Å². The molecule has 0 saturated carbocycles. The van der Waals surface area contributed by atoms with Crippen LogP contribution in [-0.4, -0.2) is 30.9 Å². The van der Waals surface area contributed by atoms with Crippen LogP contribution in [0.15, 0.2) is 66.7 Å². The van der Waals surface area contributed by atoms with Crippen molar-refractivity contribution in [3.63, 3.8) is 0 Å². The molecule has 4 aromatic rings. The first-order chi connectivity index (χ1) is 13.7. The molecule has 142 valence electrons. The fourth-order valence-corrected chi connectivity index (χ4v) is 3.35. The molecule has 1 heterocycles. The molecule has 0 spiro atoms. The summed E-state index contributed by atoms with van der Waals surface area (Å²) in [6, 6.07) is 22.0. The van der Waals surface area contributed by atoms with Crippen molar-refractivity contribution < 1.29 is 14.2 Å². The van der Waals surface area contributed by atoms with Gasteiger partial charge in [0.2, 0.25) is 0 Å². The number of ether oxygens (including phenoxy) is 3. The van der Waals surface area contributed by atoms with Gasteiger partial charge in [-0.15, -0.1) is 0 Å². The van der Waals surface area contributed by atoms with E-state index in [4.69, 9.17) is 19.2 Å². The second kappa shape index (κ2) is 7.64. The van der Waals surface area contributed by atoms with Gasteiger partial charge in [0, 0.05) is 18.2 Å². The molecular weight excluding hydrogens is 352 g/mol. The van der Waals surface area contributed by atoms with Crippen molar-refractivity contribution in [2.75, 3.05) is 21.3 Å². The Morgan fingerprint density at radius 3 is 2.18 bits per heavy atom. The van der Waals surface area contributed by atoms with Crippen LogP contribution in [0.1, 0.15) is 5.56 Å². The maximum absolute atomic E-state index is 5.45. The van der Waals surface area contributed by atoms with Gasteiger partial charge < -0.3 is 18.8 Å². The number of rotatable bonds is 6. The Hall–Kier alpha value is -3.47. The summed E-state index contributed by atoms with van der Waals surface area (Å²) in [5.41, 5.74) is 4.10. The van der Waals surface area contributed by atoms with Gasteiger partial charge in [0.1, 0.15) is 23.1 Å². The van der Waals surface area contributed by atoms with Crippen LogP contribution in [0.4, 0.5) is 0 Å². The Labute approximate surface area is 164 Å². The van der Waals surface area contributed by atoms with Crippen molar-refractivity contribution in [1.82, 2.24) is 9.55 Å². The molecule has 0 amide bonds. The average molecular weight is 374 g/mol. The van der Waals surface area contributed by atoms with E-state index in [1.54, 1.807) is 21.3 Å². The van der Waals surface area contributed by atoms with E-state index < -0.39 is 0 Å². The van der Waals surface area contributed by atoms with Crippen LogP contribution >= 0.6 is 0 Å². The lowest BCUT2D eigenvalue weighted by Crippen LogP contribution is -2.03. The van der Waals surface area contributed by atoms with E-state index in [9.17, 15) is 0 Å². The Bertz CT molecular complexity index is 1100. The number of hydrogen-bond acceptors (Lipinski definition) is 4. The molecule has 1 aromatic heterocycles. The minimum absolute atomic E-state index is 0.673. The first-order valence-electron chi connectivity index (χ1n) is 9.03. The lowest BCUT2D eigenvalue weighted by Gasteiger charge is -2.12. The van der Waals surface area contributed by atoms with Gasteiger partial charge in [-0.25, -0.2) is 4.98 Å². The molecule has 0 aliphatic carbocycles. The van der Waals surface area contributed by atoms with Crippen molar-refractivity contribution in [3.05, 3.63) is 72.3 Å². The number of benzene rings is 3. The van der Waals surface area contributed by atoms with Gasteiger partial charge in [-0.1, -0.05) is 24.3 Å². The van der Waals surface area contributed by atoms with E-state index in [2.05, 4.69) is 16.7 Å². The molecule has 0 aliphatic rings. The highest BCUT2D eigenvalue weighted by Gasteiger charge is 2.15. The van der Waals surface area contributed by atoms with Crippen molar-refractivity contribution >= 4 is 11.0 Å². The van der Waals surface area contributed by atoms with E-state index in [-0.39, 0.29) is 0 Å². The minimum Gasteiger partial charge on any atom is -0.497 e. The molecule has 0 bridgehead atoms. The third-order valence-corrected chi connectivity index (χ3v) is 4.74. The number of hydrogen-bond donors (Lipinski definition) is 0. The zero-order chi connectivity index (χ0) is 19.5. The first-order valence-corrected chi connectivity index (χ1v) is 9.03. The third kappa shape index (κ3) is 3.39. The molecule has 0 atom stereocenters. The maximum Gasteiger partial charge on any atom is 0.141 e. The van der Waals surface area contributed by atoms with Gasteiger partial charge in [-0.3, -0.25) is 0 Å². The lowest BCUT2D eigenvalue weighted by atomic mass is 10.1. The summed E-state index contributed by atoms with van der Waals surface area (Å²) in [7, 11) is 4.98. The highest BCUT2D eigenvalue weighted by atomic mass is 16.5. The van der Waals surface area contributed by atoms with Crippen molar-refractivity contribution in [2.45, 2.75) is 6.54 Å². The lowest BCUT2D eigenvalue weighted by molar-refractivity contribution is 0.394. The number of imidazole rings is 1. The van der Waals surface area contributed by atoms with Crippen LogP contribution in [0.25, 0.3) is 22.4 Å². The number of nitrogens with zero attached hydrogens (tertiary/aromatic N) is 2. The fourth-order valence-electron chi connectivity index (χ4n) is 3.35. The highest BCUT2D eigenvalue weighted by molar-refractivity contribution is 5.81. The summed E-state index contributed by atoms with van der Waals surface area (Å²) in [6.07, 6.45) is 0. The largest absolute Gasteiger partial charge is 0.497 e. The van der Waals surface area contributed by atoms with Gasteiger partial charge in [-0.2, -0.15) is 0 Å². The Morgan fingerprint density at radius 1 is 0.750 bits per heavy atom. The van der Waals surface area contributed by atoms with Crippen LogP contribution in [0.5, 0.6) is 17.2 Å². The summed E-state index contributed by atoms with van der Waals surface area (Å²) in [5.74, 6) is 3.16. The molecule has 0 radical (unpaired) electrons. The molecule has 0 fully saturated rings. The monoisotopic (exact) mass is 374 g/mol. The van der Waals surface area contributed by atoms with Crippen LogP contribution in [-0.2, 0) is 6.54 Å². The summed E-state index contributed by atoms with van der Waals surface area (Å²) in [5, 5.41) is 0. The molecule has 0 aliphatic heterocycles. The standard InChI is InChI=1S/C23H22N2O3/c1-26-18-8-6-7-16(11-18)15-25-22-10-5-4-9-21(22)24-23(25)17-12-19(27-2)14-20(13-17)28-3/h4-14H,15H2,1-3H3. The predicted molar refractivity (Wildman–Crippen MR) is 110 cm³/mol. The molecule has 0 unspecified atom stereocenters. The van der Waals surface area contributed by atoms with Crippen molar-refractivity contribution in [1.29, 1.82) is 0 Å². The van der Waals surface area contributed by atoms with Gasteiger partial charge in [0.15, 0.2) is 0 Å². The molecule has 5 nitrogen and oxygen atoms in total. The smallest absolute Gasteiger partial charge is 0.141 e. The van der Waals surface area contributed by atoms with Crippen LogP contribution in [0, 0.1) is 0 Å². The van der Waals surface area contributed by atoms with Gasteiger partial charge >= 0.3 is 0 Å². The molecule has 28 heavy (non-hydrogen) atoms. The van der Waals surface area contributed by atoms with Gasteiger partial charge in [-0.05, 0) is 42.0 Å². The summed E-state index contributed by atoms with van der Waals surface area (Å²) in [4.78, 5) is 4.89. The maximum atomic E-state index is 5.45. The predicted octanol–water partition coefficient (Wildman–Crippen LogP) is 4.78. The zero-order valence-electron chi connectivity index (χ0n) is 16.2. The normalized spacial score (nSPS) is 10.8. The highest BCUT2D eigenvalue weighted by Crippen LogP contribution is 2.32. The Morgan fingerprint density at radius 2 is 1.46 bits per heavy atom. The molecule has 0 saturated heterocycles. The van der Waals surface area contributed by atoms with Crippen molar-refractivity contribution in [3.8, 4) is 28.6 Å². The van der Waals surface area contributed by atoms with E-state index >= 15 is 0 Å². The Kier molecular flexibility index (Phi) is 4.89. The number of fused-ring (bicyclic) bond motifs is 1. The van der Waals surface area contributed by atoms with Crippen LogP contribution in [0.3, 0.4) is 0 Å². The summed E-state index contributed by atoms with van der Waals surface area (Å²) < 4.78 is 18.5. The average Bonchev–Trinajstić information content (AvgIpc) is 3.12. The summed E-state index contributed by atoms with van der Waals surface area (Å²) in [6.45, 7) is 0.673. The summed E-state index contributed by atoms with van der Waals surface area (Å²) >= 11 is 0. The molecular formula is C23H22N2O3. The first kappa shape index (κ1) is 17.9. The molecule has 5 heteroatoms. The van der Waals surface area contributed by atoms with Crippen LogP contribution in [0.2, 0.25) is 0 Å². The molecule has 0 N–H and O–H groups in total. The third-order valence-electron chi connectivity index (χ3n) is 4.74. The van der Waals surface area contributed by atoms with Crippen molar-refractivity contribution in [2.24, 2.45) is 0 Å². The zero-order valence-corrected chi connectivity index (χ0v) is 16.2. The SMILES string of the molecule is COc1cccc(Cn2c(-c3cc(OC)cc(OC)c3)nc3ccccc32)c1. The number of methoxy groups -OCH3 is 3. The topological polar surface area (TPSA) is 45.5 Å².